The lowest BCUT2D eigenvalue weighted by molar-refractivity contribution is 1.06. The number of benzene rings is 7. The highest BCUT2D eigenvalue weighted by Gasteiger charge is 2.21. The molecule has 0 aliphatic rings. The molecule has 0 bridgehead atoms. The average molecular weight is 599 g/mol. The van der Waals surface area contributed by atoms with Crippen LogP contribution in [0.25, 0.3) is 77.2 Å². The number of aryl methyl sites for hydroxylation is 1. The lowest BCUT2D eigenvalue weighted by Gasteiger charge is -2.18. The summed E-state index contributed by atoms with van der Waals surface area (Å²) >= 11 is 0. The fourth-order valence-corrected chi connectivity index (χ4v) is 6.94. The van der Waals surface area contributed by atoms with Gasteiger partial charge in [0.2, 0.25) is 0 Å². The molecule has 9 rings (SSSR count). The Morgan fingerprint density at radius 1 is 0.478 bits per heavy atom. The zero-order valence-corrected chi connectivity index (χ0v) is 24.9. The van der Waals surface area contributed by atoms with Crippen molar-refractivity contribution in [3.05, 3.63) is 169 Å². The number of hydrogen-bond acceptors (Lipinski definition) is 0. The van der Waals surface area contributed by atoms with Gasteiger partial charge in [0.05, 0.1) is 41.5 Å². The van der Waals surface area contributed by atoms with Gasteiger partial charge in [0.15, 0.2) is 0 Å². The Bertz CT molecular complexity index is 2940. The highest BCUT2D eigenvalue weighted by atomic mass is 15.0. The lowest BCUT2D eigenvalue weighted by atomic mass is 9.97. The van der Waals surface area contributed by atoms with E-state index in [1.807, 2.05) is 48.5 Å². The third-order valence-corrected chi connectivity index (χ3v) is 8.84. The molecule has 2 heterocycles. The molecule has 0 fully saturated rings. The predicted octanol–water partition coefficient (Wildman–Crippen LogP) is 11.8. The molecule has 0 amide bonds. The number of rotatable bonds is 5. The Labute approximate surface area is 282 Å². The summed E-state index contributed by atoms with van der Waals surface area (Å²) in [7, 11) is 0. The molecule has 2 aromatic heterocycles. The van der Waals surface area contributed by atoms with E-state index in [1.165, 1.54) is 0 Å². The van der Waals surface area contributed by atoms with Gasteiger partial charge in [-0.05, 0) is 71.1 Å². The monoisotopic (exact) mass is 598 g/mol. The van der Waals surface area contributed by atoms with E-state index >= 15 is 0 Å². The number of para-hydroxylation sites is 3. The van der Waals surface area contributed by atoms with Gasteiger partial charge in [0.25, 0.3) is 0 Å². The molecule has 0 aliphatic heterocycles. The van der Waals surface area contributed by atoms with Crippen LogP contribution in [0, 0.1) is 0 Å². The molecule has 46 heavy (non-hydrogen) atoms. The standard InChI is InChI=1S/C44H32N2/c1-2-35-43(46-41-23-13-9-19-36(41)37-20-10-14-24-42(37)46)26-25-39-38-21-11-12-22-40(38)45(44(35)39)34-28-32(30-15-5-3-6-16-30)27-33(29-34)31-17-7-4-8-18-31/h3-29H,2H2,1H3/i3D,4D,5D,6D,7D,8D,15D,16D,17D,18D. The molecule has 0 unspecified atom stereocenters. The van der Waals surface area contributed by atoms with Crippen LogP contribution in [0.15, 0.2) is 164 Å². The molecule has 0 saturated carbocycles. The second-order valence-corrected chi connectivity index (χ2v) is 11.3. The van der Waals surface area contributed by atoms with Gasteiger partial charge < -0.3 is 9.13 Å². The van der Waals surface area contributed by atoms with E-state index in [2.05, 4.69) is 52.5 Å². The van der Waals surface area contributed by atoms with Crippen molar-refractivity contribution < 1.29 is 13.7 Å². The Hall–Kier alpha value is -5.86. The molecule has 7 aromatic carbocycles. The van der Waals surface area contributed by atoms with Crippen LogP contribution in [0.5, 0.6) is 0 Å². The molecule has 2 heteroatoms. The second kappa shape index (κ2) is 10.6. The molecule has 9 aromatic rings. The van der Waals surface area contributed by atoms with Crippen molar-refractivity contribution in [2.75, 3.05) is 0 Å². The zero-order chi connectivity index (χ0) is 39.3. The van der Waals surface area contributed by atoms with Gasteiger partial charge in [-0.2, -0.15) is 0 Å². The van der Waals surface area contributed by atoms with Crippen molar-refractivity contribution in [1.82, 2.24) is 9.13 Å². The van der Waals surface area contributed by atoms with E-state index in [0.29, 0.717) is 12.1 Å². The Kier molecular flexibility index (Phi) is 4.21. The van der Waals surface area contributed by atoms with Gasteiger partial charge in [-0.1, -0.05) is 128 Å². The Morgan fingerprint density at radius 3 is 1.48 bits per heavy atom. The van der Waals surface area contributed by atoms with Crippen LogP contribution in [0.3, 0.4) is 0 Å². The van der Waals surface area contributed by atoms with Gasteiger partial charge in [-0.15, -0.1) is 0 Å². The van der Waals surface area contributed by atoms with Gasteiger partial charge in [-0.3, -0.25) is 0 Å². The van der Waals surface area contributed by atoms with Crippen LogP contribution >= 0.6 is 0 Å². The number of aromatic nitrogens is 2. The molecule has 0 saturated heterocycles. The van der Waals surface area contributed by atoms with Crippen LogP contribution in [-0.2, 0) is 6.42 Å². The van der Waals surface area contributed by atoms with Gasteiger partial charge in [-0.25, -0.2) is 0 Å². The predicted molar refractivity (Wildman–Crippen MR) is 195 cm³/mol. The minimum Gasteiger partial charge on any atom is -0.309 e. The lowest BCUT2D eigenvalue weighted by Crippen LogP contribution is -2.03. The smallest absolute Gasteiger partial charge is 0.0629 e. The number of hydrogen-bond donors (Lipinski definition) is 0. The van der Waals surface area contributed by atoms with Gasteiger partial charge in [0.1, 0.15) is 0 Å². The number of fused-ring (bicyclic) bond motifs is 6. The zero-order valence-electron chi connectivity index (χ0n) is 34.9. The molecule has 0 N–H and O–H groups in total. The van der Waals surface area contributed by atoms with E-state index in [1.54, 1.807) is 18.2 Å². The van der Waals surface area contributed by atoms with Crippen molar-refractivity contribution in [2.24, 2.45) is 0 Å². The topological polar surface area (TPSA) is 9.86 Å². The minimum atomic E-state index is -0.529. The molecule has 2 nitrogen and oxygen atoms in total. The third kappa shape index (κ3) is 4.04. The van der Waals surface area contributed by atoms with Crippen LogP contribution in [0.1, 0.15) is 26.2 Å². The van der Waals surface area contributed by atoms with Crippen LogP contribution in [-0.4, -0.2) is 9.13 Å². The molecule has 0 spiro atoms. The summed E-state index contributed by atoms with van der Waals surface area (Å²) in [6.07, 6.45) is 0.628. The summed E-state index contributed by atoms with van der Waals surface area (Å²) in [5.41, 5.74) is 6.72. The normalized spacial score (nSPS) is 14.7. The molecule has 0 aliphatic carbocycles. The quantitative estimate of drug-likeness (QED) is 0.186. The first-order valence-corrected chi connectivity index (χ1v) is 15.3. The molecule has 218 valence electrons. The van der Waals surface area contributed by atoms with Crippen LogP contribution < -0.4 is 0 Å². The Morgan fingerprint density at radius 2 is 0.957 bits per heavy atom. The van der Waals surface area contributed by atoms with E-state index < -0.39 is 60.4 Å². The number of nitrogens with zero attached hydrogens (tertiary/aromatic N) is 2. The minimum absolute atomic E-state index is 0.0612. The summed E-state index contributed by atoms with van der Waals surface area (Å²) in [5, 5.41) is 4.18. The maximum atomic E-state index is 8.90. The van der Waals surface area contributed by atoms with Crippen molar-refractivity contribution in [3.8, 4) is 33.6 Å². The molecular formula is C44H32N2. The van der Waals surface area contributed by atoms with E-state index in [9.17, 15) is 0 Å². The SMILES string of the molecule is [2H]c1c([2H])c([2H])c(-c2cc(-c3c([2H])c([2H])c([2H])c([2H])c3[2H])cc(-n3c4ccccc4c4ccc(-n5c6ccccc6c6ccccc65)c(CC)c43)c2)c([2H])c1[2H]. The molecular weight excluding hydrogens is 556 g/mol. The summed E-state index contributed by atoms with van der Waals surface area (Å²) in [5.74, 6) is 0. The average Bonchev–Trinajstić information content (AvgIpc) is 3.73. The van der Waals surface area contributed by atoms with E-state index in [-0.39, 0.29) is 22.3 Å². The van der Waals surface area contributed by atoms with Gasteiger partial charge in [0, 0.05) is 32.8 Å². The highest BCUT2D eigenvalue weighted by molar-refractivity contribution is 6.13. The summed E-state index contributed by atoms with van der Waals surface area (Å²) in [4.78, 5) is 0. The fourth-order valence-electron chi connectivity index (χ4n) is 6.94. The first-order chi connectivity index (χ1) is 26.9. The Balaban J connectivity index is 1.45. The van der Waals surface area contributed by atoms with Crippen LogP contribution in [0.2, 0.25) is 0 Å². The first kappa shape index (κ1) is 18.2. The fraction of sp³-hybridized carbons (Fsp3) is 0.0455. The van der Waals surface area contributed by atoms with Crippen molar-refractivity contribution in [3.63, 3.8) is 0 Å². The molecule has 0 atom stereocenters. The molecule has 0 radical (unpaired) electrons. The third-order valence-electron chi connectivity index (χ3n) is 8.84. The van der Waals surface area contributed by atoms with E-state index in [0.717, 1.165) is 54.9 Å². The van der Waals surface area contributed by atoms with Crippen LogP contribution in [0.4, 0.5) is 0 Å². The maximum absolute atomic E-state index is 8.90. The summed E-state index contributed by atoms with van der Waals surface area (Å²) in [6.45, 7) is 2.11. The van der Waals surface area contributed by atoms with Gasteiger partial charge >= 0.3 is 0 Å². The van der Waals surface area contributed by atoms with Crippen molar-refractivity contribution in [1.29, 1.82) is 0 Å². The first-order valence-electron chi connectivity index (χ1n) is 20.3. The largest absolute Gasteiger partial charge is 0.309 e. The maximum Gasteiger partial charge on any atom is 0.0629 e. The highest BCUT2D eigenvalue weighted by Crippen LogP contribution is 2.41. The van der Waals surface area contributed by atoms with Crippen molar-refractivity contribution >= 4 is 43.6 Å². The second-order valence-electron chi connectivity index (χ2n) is 11.3. The summed E-state index contributed by atoms with van der Waals surface area (Å²) < 4.78 is 90.4. The van der Waals surface area contributed by atoms with Crippen molar-refractivity contribution in [2.45, 2.75) is 13.3 Å². The summed E-state index contributed by atoms with van der Waals surface area (Å²) in [6, 6.07) is 29.2. The van der Waals surface area contributed by atoms with E-state index in [4.69, 9.17) is 13.7 Å².